The first-order valence-corrected chi connectivity index (χ1v) is 9.69. The molecule has 0 heterocycles. The summed E-state index contributed by atoms with van der Waals surface area (Å²) in [5, 5.41) is 8.88. The first-order valence-electron chi connectivity index (χ1n) is 7.64. The third-order valence-electron chi connectivity index (χ3n) is 3.44. The van der Waals surface area contributed by atoms with Crippen LogP contribution in [-0.4, -0.2) is 6.26 Å². The van der Waals surface area contributed by atoms with E-state index in [2.05, 4.69) is 59.8 Å². The van der Waals surface area contributed by atoms with Crippen molar-refractivity contribution in [3.8, 4) is 0 Å². The second kappa shape index (κ2) is 8.18. The number of thioether (sulfide) groups is 1. The summed E-state index contributed by atoms with van der Waals surface area (Å²) >= 11 is 3.46. The predicted molar refractivity (Wildman–Crippen MR) is 104 cm³/mol. The highest BCUT2D eigenvalue weighted by Crippen LogP contribution is 2.38. The summed E-state index contributed by atoms with van der Waals surface area (Å²) < 4.78 is 0. The lowest BCUT2D eigenvalue weighted by atomic mass is 10.2. The Morgan fingerprint density at radius 3 is 2.08 bits per heavy atom. The molecule has 0 spiro atoms. The molecule has 2 nitrogen and oxygen atoms in total. The van der Waals surface area contributed by atoms with Crippen LogP contribution in [0.3, 0.4) is 0 Å². The first kappa shape index (κ1) is 16.8. The van der Waals surface area contributed by atoms with Crippen molar-refractivity contribution in [3.05, 3.63) is 78.4 Å². The summed E-state index contributed by atoms with van der Waals surface area (Å²) in [7, 11) is 0. The molecule has 0 aliphatic rings. The Bertz CT molecular complexity index is 831. The minimum absolute atomic E-state index is 0.864. The Hall–Kier alpha value is -2.04. The van der Waals surface area contributed by atoms with Crippen LogP contribution in [0.15, 0.2) is 97.7 Å². The molecule has 0 fully saturated rings. The SMILES string of the molecule is CSc1c(C)cc(Sc2ccccc2)cc1N=Nc1ccccc1. The average molecular weight is 351 g/mol. The van der Waals surface area contributed by atoms with Gasteiger partial charge in [0, 0.05) is 14.7 Å². The lowest BCUT2D eigenvalue weighted by Crippen LogP contribution is -1.83. The van der Waals surface area contributed by atoms with Gasteiger partial charge in [-0.25, -0.2) is 0 Å². The zero-order valence-electron chi connectivity index (χ0n) is 13.6. The Labute approximate surface area is 151 Å². The van der Waals surface area contributed by atoms with Gasteiger partial charge in [0.1, 0.15) is 5.69 Å². The molecule has 24 heavy (non-hydrogen) atoms. The van der Waals surface area contributed by atoms with Crippen LogP contribution in [-0.2, 0) is 0 Å². The largest absolute Gasteiger partial charge is 0.151 e. The molecule has 0 saturated carbocycles. The molecule has 0 saturated heterocycles. The predicted octanol–water partition coefficient (Wildman–Crippen LogP) is 7.28. The van der Waals surface area contributed by atoms with Crippen molar-refractivity contribution in [2.75, 3.05) is 6.26 Å². The fourth-order valence-corrected chi connectivity index (χ4v) is 4.01. The molecular weight excluding hydrogens is 332 g/mol. The van der Waals surface area contributed by atoms with Gasteiger partial charge in [0.25, 0.3) is 0 Å². The van der Waals surface area contributed by atoms with Crippen LogP contribution in [0.5, 0.6) is 0 Å². The van der Waals surface area contributed by atoms with Crippen LogP contribution in [0, 0.1) is 6.92 Å². The monoisotopic (exact) mass is 350 g/mol. The van der Waals surface area contributed by atoms with Gasteiger partial charge in [-0.15, -0.1) is 16.9 Å². The number of azo groups is 1. The third-order valence-corrected chi connectivity index (χ3v) is 5.36. The molecule has 3 aromatic carbocycles. The highest BCUT2D eigenvalue weighted by atomic mass is 32.2. The standard InChI is InChI=1S/C20H18N2S2/c1-15-13-18(24-17-11-7-4-8-12-17)14-19(20(15)23-2)22-21-16-9-5-3-6-10-16/h3-14H,1-2H3. The molecule has 0 radical (unpaired) electrons. The fourth-order valence-electron chi connectivity index (χ4n) is 2.35. The number of rotatable bonds is 5. The van der Waals surface area contributed by atoms with Crippen molar-refractivity contribution in [2.24, 2.45) is 10.2 Å². The van der Waals surface area contributed by atoms with Gasteiger partial charge in [-0.3, -0.25) is 0 Å². The van der Waals surface area contributed by atoms with Crippen molar-refractivity contribution in [1.82, 2.24) is 0 Å². The number of hydrogen-bond donors (Lipinski definition) is 0. The van der Waals surface area contributed by atoms with E-state index in [1.807, 2.05) is 36.4 Å². The van der Waals surface area contributed by atoms with E-state index >= 15 is 0 Å². The second-order valence-corrected chi connectivity index (χ2v) is 7.21. The van der Waals surface area contributed by atoms with Crippen molar-refractivity contribution >= 4 is 34.9 Å². The lowest BCUT2D eigenvalue weighted by molar-refractivity contribution is 1.14. The van der Waals surface area contributed by atoms with Gasteiger partial charge < -0.3 is 0 Å². The summed E-state index contributed by atoms with van der Waals surface area (Å²) in [4.78, 5) is 3.57. The maximum absolute atomic E-state index is 4.50. The molecule has 120 valence electrons. The summed E-state index contributed by atoms with van der Waals surface area (Å²) in [5.41, 5.74) is 3.01. The van der Waals surface area contributed by atoms with E-state index in [1.54, 1.807) is 23.5 Å². The minimum Gasteiger partial charge on any atom is -0.151 e. The highest BCUT2D eigenvalue weighted by molar-refractivity contribution is 7.99. The molecule has 0 aromatic heterocycles. The maximum Gasteiger partial charge on any atom is 0.101 e. The van der Waals surface area contributed by atoms with Crippen LogP contribution in [0.2, 0.25) is 0 Å². The fraction of sp³-hybridized carbons (Fsp3) is 0.100. The molecule has 4 heteroatoms. The van der Waals surface area contributed by atoms with Crippen molar-refractivity contribution < 1.29 is 0 Å². The van der Waals surface area contributed by atoms with E-state index in [9.17, 15) is 0 Å². The van der Waals surface area contributed by atoms with Gasteiger partial charge in [0.2, 0.25) is 0 Å². The normalized spacial score (nSPS) is 11.1. The molecule has 0 unspecified atom stereocenters. The van der Waals surface area contributed by atoms with Crippen molar-refractivity contribution in [1.29, 1.82) is 0 Å². The van der Waals surface area contributed by atoms with E-state index in [1.165, 1.54) is 20.2 Å². The summed E-state index contributed by atoms with van der Waals surface area (Å²) in [6.45, 7) is 2.13. The quantitative estimate of drug-likeness (QED) is 0.356. The second-order valence-electron chi connectivity index (χ2n) is 5.24. The van der Waals surface area contributed by atoms with Crippen LogP contribution in [0.1, 0.15) is 5.56 Å². The minimum atomic E-state index is 0.864. The molecular formula is C20H18N2S2. The molecule has 3 aromatic rings. The average Bonchev–Trinajstić information content (AvgIpc) is 2.61. The zero-order valence-corrected chi connectivity index (χ0v) is 15.3. The van der Waals surface area contributed by atoms with Gasteiger partial charge in [-0.2, -0.15) is 5.11 Å². The topological polar surface area (TPSA) is 24.7 Å². The van der Waals surface area contributed by atoms with Gasteiger partial charge in [-0.05, 0) is 55.1 Å². The Balaban J connectivity index is 1.93. The van der Waals surface area contributed by atoms with Gasteiger partial charge >= 0.3 is 0 Å². The zero-order chi connectivity index (χ0) is 16.8. The van der Waals surface area contributed by atoms with Gasteiger partial charge in [0.15, 0.2) is 0 Å². The van der Waals surface area contributed by atoms with E-state index in [0.29, 0.717) is 0 Å². The molecule has 0 atom stereocenters. The Morgan fingerprint density at radius 1 is 0.750 bits per heavy atom. The Morgan fingerprint density at radius 2 is 1.42 bits per heavy atom. The lowest BCUT2D eigenvalue weighted by Gasteiger charge is -2.10. The third kappa shape index (κ3) is 4.28. The highest BCUT2D eigenvalue weighted by Gasteiger charge is 2.08. The van der Waals surface area contributed by atoms with E-state index < -0.39 is 0 Å². The van der Waals surface area contributed by atoms with E-state index in [-0.39, 0.29) is 0 Å². The Kier molecular flexibility index (Phi) is 5.72. The molecule has 0 aliphatic carbocycles. The molecule has 0 bridgehead atoms. The number of aryl methyl sites for hydroxylation is 1. The number of hydrogen-bond acceptors (Lipinski definition) is 4. The van der Waals surface area contributed by atoms with Gasteiger partial charge in [-0.1, -0.05) is 48.2 Å². The smallest absolute Gasteiger partial charge is 0.101 e. The molecule has 0 aliphatic heterocycles. The van der Waals surface area contributed by atoms with Crippen molar-refractivity contribution in [3.63, 3.8) is 0 Å². The summed E-state index contributed by atoms with van der Waals surface area (Å²) in [6, 6.07) is 24.5. The number of benzene rings is 3. The number of nitrogens with zero attached hydrogens (tertiary/aromatic N) is 2. The van der Waals surface area contributed by atoms with Crippen LogP contribution in [0.4, 0.5) is 11.4 Å². The summed E-state index contributed by atoms with van der Waals surface area (Å²) in [6.07, 6.45) is 2.08. The van der Waals surface area contributed by atoms with Crippen LogP contribution in [0.25, 0.3) is 0 Å². The summed E-state index contributed by atoms with van der Waals surface area (Å²) in [5.74, 6) is 0. The van der Waals surface area contributed by atoms with Crippen LogP contribution < -0.4 is 0 Å². The molecule has 0 amide bonds. The first-order chi connectivity index (χ1) is 11.8. The van der Waals surface area contributed by atoms with Crippen LogP contribution >= 0.6 is 23.5 Å². The molecule has 3 rings (SSSR count). The van der Waals surface area contributed by atoms with E-state index in [0.717, 1.165) is 11.4 Å². The maximum atomic E-state index is 4.50. The van der Waals surface area contributed by atoms with Crippen molar-refractivity contribution in [2.45, 2.75) is 21.6 Å². The van der Waals surface area contributed by atoms with E-state index in [4.69, 9.17) is 0 Å². The molecule has 0 N–H and O–H groups in total. The van der Waals surface area contributed by atoms with Gasteiger partial charge in [0.05, 0.1) is 5.69 Å².